The maximum atomic E-state index is 13.4. The molecule has 0 aliphatic rings. The van der Waals surface area contributed by atoms with Gasteiger partial charge in [0, 0.05) is 25.8 Å². The highest BCUT2D eigenvalue weighted by atomic mass is 16.5. The average Bonchev–Trinajstić information content (AvgIpc) is 2.78. The molecule has 0 spiro atoms. The minimum absolute atomic E-state index is 0.116. The van der Waals surface area contributed by atoms with Gasteiger partial charge in [-0.25, -0.2) is 4.98 Å². The van der Waals surface area contributed by atoms with Gasteiger partial charge in [0.1, 0.15) is 11.6 Å². The standard InChI is InChI=1S/C25H23N3O2/c1-27(2)23-14-7-4-9-18(23)15-16-24-26-22-13-6-5-12-21(22)25(29)28(24)19-10-8-11-20(17-19)30-3/h4-17H,1-3H3. The lowest BCUT2D eigenvalue weighted by Crippen LogP contribution is -2.22. The Kier molecular flexibility index (Phi) is 5.35. The molecule has 0 unspecified atom stereocenters. The molecule has 150 valence electrons. The first-order chi connectivity index (χ1) is 14.6. The summed E-state index contributed by atoms with van der Waals surface area (Å²) in [7, 11) is 5.62. The van der Waals surface area contributed by atoms with Crippen molar-refractivity contribution in [2.75, 3.05) is 26.1 Å². The Balaban J connectivity index is 1.94. The van der Waals surface area contributed by atoms with Crippen molar-refractivity contribution in [2.24, 2.45) is 0 Å². The van der Waals surface area contributed by atoms with E-state index in [1.165, 1.54) is 0 Å². The van der Waals surface area contributed by atoms with Gasteiger partial charge in [0.25, 0.3) is 5.56 Å². The zero-order valence-electron chi connectivity index (χ0n) is 17.2. The van der Waals surface area contributed by atoms with E-state index in [1.54, 1.807) is 17.7 Å². The van der Waals surface area contributed by atoms with Crippen LogP contribution < -0.4 is 15.2 Å². The normalized spacial score (nSPS) is 11.2. The van der Waals surface area contributed by atoms with Gasteiger partial charge in [0.15, 0.2) is 0 Å². The van der Waals surface area contributed by atoms with Crippen molar-refractivity contribution < 1.29 is 4.74 Å². The fourth-order valence-corrected chi connectivity index (χ4v) is 3.46. The first kappa shape index (κ1) is 19.5. The molecule has 1 heterocycles. The quantitative estimate of drug-likeness (QED) is 0.493. The highest BCUT2D eigenvalue weighted by Crippen LogP contribution is 2.22. The molecule has 5 nitrogen and oxygen atoms in total. The monoisotopic (exact) mass is 397 g/mol. The molecule has 5 heteroatoms. The zero-order valence-corrected chi connectivity index (χ0v) is 17.2. The van der Waals surface area contributed by atoms with Crippen molar-refractivity contribution in [2.45, 2.75) is 0 Å². The number of rotatable bonds is 5. The van der Waals surface area contributed by atoms with E-state index in [2.05, 4.69) is 11.0 Å². The van der Waals surface area contributed by atoms with Crippen molar-refractivity contribution >= 4 is 28.7 Å². The van der Waals surface area contributed by atoms with Crippen molar-refractivity contribution in [1.82, 2.24) is 9.55 Å². The van der Waals surface area contributed by atoms with Gasteiger partial charge in [-0.3, -0.25) is 9.36 Å². The van der Waals surface area contributed by atoms with Crippen LogP contribution in [0.25, 0.3) is 28.7 Å². The summed E-state index contributed by atoms with van der Waals surface area (Å²) in [4.78, 5) is 20.2. The van der Waals surface area contributed by atoms with Crippen molar-refractivity contribution in [1.29, 1.82) is 0 Å². The molecule has 0 N–H and O–H groups in total. The van der Waals surface area contributed by atoms with Gasteiger partial charge in [0.2, 0.25) is 0 Å². The molecule has 4 aromatic rings. The molecule has 0 aliphatic carbocycles. The minimum Gasteiger partial charge on any atom is -0.497 e. The van der Waals surface area contributed by atoms with E-state index in [1.807, 2.05) is 86.9 Å². The second kappa shape index (κ2) is 8.25. The van der Waals surface area contributed by atoms with E-state index < -0.39 is 0 Å². The summed E-state index contributed by atoms with van der Waals surface area (Å²) in [5, 5.41) is 0.575. The molecule has 3 aromatic carbocycles. The number of benzene rings is 3. The maximum Gasteiger partial charge on any atom is 0.266 e. The van der Waals surface area contributed by atoms with Gasteiger partial charge in [-0.2, -0.15) is 0 Å². The highest BCUT2D eigenvalue weighted by molar-refractivity contribution is 5.81. The van der Waals surface area contributed by atoms with Crippen molar-refractivity contribution in [3.8, 4) is 11.4 Å². The third-order valence-electron chi connectivity index (χ3n) is 4.94. The molecular weight excluding hydrogens is 374 g/mol. The molecule has 0 atom stereocenters. The van der Waals surface area contributed by atoms with E-state index in [4.69, 9.17) is 9.72 Å². The van der Waals surface area contributed by atoms with Crippen LogP contribution in [0.5, 0.6) is 5.75 Å². The molecule has 4 rings (SSSR count). The van der Waals surface area contributed by atoms with Crippen LogP contribution in [0.2, 0.25) is 0 Å². The van der Waals surface area contributed by atoms with Crippen LogP contribution in [0.3, 0.4) is 0 Å². The van der Waals surface area contributed by atoms with Crippen LogP contribution in [0.4, 0.5) is 5.69 Å². The summed E-state index contributed by atoms with van der Waals surface area (Å²) in [6, 6.07) is 22.9. The van der Waals surface area contributed by atoms with E-state index in [-0.39, 0.29) is 5.56 Å². The van der Waals surface area contributed by atoms with Gasteiger partial charge < -0.3 is 9.64 Å². The molecule has 0 saturated carbocycles. The van der Waals surface area contributed by atoms with Gasteiger partial charge in [-0.05, 0) is 48.0 Å². The van der Waals surface area contributed by atoms with E-state index in [0.29, 0.717) is 28.2 Å². The first-order valence-electron chi connectivity index (χ1n) is 9.69. The Labute approximate surface area is 175 Å². The largest absolute Gasteiger partial charge is 0.497 e. The van der Waals surface area contributed by atoms with Crippen LogP contribution in [-0.4, -0.2) is 30.8 Å². The number of aromatic nitrogens is 2. The molecule has 0 bridgehead atoms. The minimum atomic E-state index is -0.116. The molecular formula is C25H23N3O2. The van der Waals surface area contributed by atoms with Gasteiger partial charge in [-0.15, -0.1) is 0 Å². The second-order valence-corrected chi connectivity index (χ2v) is 7.12. The van der Waals surface area contributed by atoms with E-state index in [0.717, 1.165) is 11.3 Å². The van der Waals surface area contributed by atoms with Gasteiger partial charge >= 0.3 is 0 Å². The average molecular weight is 397 g/mol. The maximum absolute atomic E-state index is 13.4. The van der Waals surface area contributed by atoms with E-state index >= 15 is 0 Å². The lowest BCUT2D eigenvalue weighted by Gasteiger charge is -2.15. The molecule has 0 fully saturated rings. The molecule has 0 radical (unpaired) electrons. The lowest BCUT2D eigenvalue weighted by molar-refractivity contribution is 0.414. The summed E-state index contributed by atoms with van der Waals surface area (Å²) in [5.41, 5.74) is 3.39. The molecule has 30 heavy (non-hydrogen) atoms. The van der Waals surface area contributed by atoms with E-state index in [9.17, 15) is 4.79 Å². The first-order valence-corrected chi connectivity index (χ1v) is 9.69. The molecule has 0 amide bonds. The molecule has 1 aromatic heterocycles. The number of anilines is 1. The second-order valence-electron chi connectivity index (χ2n) is 7.12. The zero-order chi connectivity index (χ0) is 21.1. The Morgan fingerprint density at radius 2 is 1.70 bits per heavy atom. The van der Waals surface area contributed by atoms with Crippen LogP contribution in [-0.2, 0) is 0 Å². The SMILES string of the molecule is COc1cccc(-n2c(C=Cc3ccccc3N(C)C)nc3ccccc3c2=O)c1. The number of fused-ring (bicyclic) bond motifs is 1. The fourth-order valence-electron chi connectivity index (χ4n) is 3.46. The Bertz CT molecular complexity index is 1290. The summed E-state index contributed by atoms with van der Waals surface area (Å²) in [6.45, 7) is 0. The number of nitrogens with zero attached hydrogens (tertiary/aromatic N) is 3. The van der Waals surface area contributed by atoms with Crippen LogP contribution >= 0.6 is 0 Å². The van der Waals surface area contributed by atoms with Crippen LogP contribution in [0.15, 0.2) is 77.6 Å². The third-order valence-corrected chi connectivity index (χ3v) is 4.94. The summed E-state index contributed by atoms with van der Waals surface area (Å²) in [6.07, 6.45) is 3.87. The fraction of sp³-hybridized carbons (Fsp3) is 0.120. The molecule has 0 aliphatic heterocycles. The lowest BCUT2D eigenvalue weighted by atomic mass is 10.1. The number of hydrogen-bond donors (Lipinski definition) is 0. The Hall–Kier alpha value is -3.86. The highest BCUT2D eigenvalue weighted by Gasteiger charge is 2.12. The van der Waals surface area contributed by atoms with Crippen LogP contribution in [0.1, 0.15) is 11.4 Å². The summed E-state index contributed by atoms with van der Waals surface area (Å²) >= 11 is 0. The van der Waals surface area contributed by atoms with Crippen molar-refractivity contribution in [3.63, 3.8) is 0 Å². The van der Waals surface area contributed by atoms with Gasteiger partial charge in [-0.1, -0.05) is 36.4 Å². The van der Waals surface area contributed by atoms with Gasteiger partial charge in [0.05, 0.1) is 23.7 Å². The summed E-state index contributed by atoms with van der Waals surface area (Å²) in [5.74, 6) is 1.24. The Morgan fingerprint density at radius 1 is 0.933 bits per heavy atom. The number of para-hydroxylation sites is 2. The molecule has 0 saturated heterocycles. The van der Waals surface area contributed by atoms with Crippen LogP contribution in [0, 0.1) is 0 Å². The predicted molar refractivity (Wildman–Crippen MR) is 124 cm³/mol. The number of hydrogen-bond acceptors (Lipinski definition) is 4. The number of ether oxygens (including phenoxy) is 1. The smallest absolute Gasteiger partial charge is 0.266 e. The Morgan fingerprint density at radius 3 is 2.50 bits per heavy atom. The predicted octanol–water partition coefficient (Wildman–Crippen LogP) is 4.63. The topological polar surface area (TPSA) is 47.4 Å². The van der Waals surface area contributed by atoms with Crippen molar-refractivity contribution in [3.05, 3.63) is 94.5 Å². The third kappa shape index (κ3) is 3.70. The summed E-state index contributed by atoms with van der Waals surface area (Å²) < 4.78 is 6.98. The number of methoxy groups -OCH3 is 1.